The van der Waals surface area contributed by atoms with Gasteiger partial charge in [-0.15, -0.1) is 0 Å². The summed E-state index contributed by atoms with van der Waals surface area (Å²) in [6.07, 6.45) is 0. The summed E-state index contributed by atoms with van der Waals surface area (Å²) in [6, 6.07) is 4.33. The van der Waals surface area contributed by atoms with E-state index < -0.39 is 10.9 Å². The number of esters is 1. The van der Waals surface area contributed by atoms with Crippen molar-refractivity contribution in [1.82, 2.24) is 0 Å². The first-order chi connectivity index (χ1) is 9.13. The second-order valence-corrected chi connectivity index (χ2v) is 5.27. The van der Waals surface area contributed by atoms with E-state index in [-0.39, 0.29) is 11.3 Å². The number of benzene rings is 1. The molecule has 0 aromatic heterocycles. The van der Waals surface area contributed by atoms with Crippen LogP contribution in [0, 0.1) is 10.1 Å². The molecule has 1 fully saturated rings. The standard InChI is InChI=1S/C12H14N2O4S/c1-18-12(15)10-8-9(14(16)17)2-3-11(10)13-4-6-19-7-5-13/h2-3,8H,4-7H2,1H3. The minimum Gasteiger partial charge on any atom is -0.465 e. The van der Waals surface area contributed by atoms with Crippen molar-refractivity contribution in [3.8, 4) is 0 Å². The number of nitrogens with zero attached hydrogens (tertiary/aromatic N) is 2. The topological polar surface area (TPSA) is 72.7 Å². The summed E-state index contributed by atoms with van der Waals surface area (Å²) >= 11 is 1.86. The fourth-order valence-electron chi connectivity index (χ4n) is 1.99. The number of anilines is 1. The van der Waals surface area contributed by atoms with Crippen molar-refractivity contribution in [3.63, 3.8) is 0 Å². The van der Waals surface area contributed by atoms with Gasteiger partial charge in [-0.3, -0.25) is 10.1 Å². The molecular formula is C12H14N2O4S. The van der Waals surface area contributed by atoms with Crippen molar-refractivity contribution >= 4 is 29.1 Å². The third-order valence-corrected chi connectivity index (χ3v) is 3.89. The first-order valence-corrected chi connectivity index (χ1v) is 6.98. The Hall–Kier alpha value is -1.76. The molecule has 0 amide bonds. The molecule has 0 spiro atoms. The van der Waals surface area contributed by atoms with Crippen LogP contribution in [-0.2, 0) is 4.74 Å². The number of thioether (sulfide) groups is 1. The Morgan fingerprint density at radius 3 is 2.68 bits per heavy atom. The lowest BCUT2D eigenvalue weighted by Gasteiger charge is -2.29. The van der Waals surface area contributed by atoms with Crippen LogP contribution in [0.15, 0.2) is 18.2 Å². The summed E-state index contributed by atoms with van der Waals surface area (Å²) in [4.78, 5) is 24.1. The van der Waals surface area contributed by atoms with E-state index in [1.807, 2.05) is 11.8 Å². The summed E-state index contributed by atoms with van der Waals surface area (Å²) in [7, 11) is 1.27. The van der Waals surface area contributed by atoms with Gasteiger partial charge in [0.1, 0.15) is 0 Å². The molecule has 6 nitrogen and oxygen atoms in total. The predicted molar refractivity (Wildman–Crippen MR) is 74.0 cm³/mol. The Labute approximate surface area is 114 Å². The van der Waals surface area contributed by atoms with E-state index >= 15 is 0 Å². The molecule has 1 aromatic carbocycles. The normalized spacial score (nSPS) is 15.1. The number of rotatable bonds is 3. The van der Waals surface area contributed by atoms with Gasteiger partial charge in [-0.2, -0.15) is 11.8 Å². The van der Waals surface area contributed by atoms with Crippen molar-refractivity contribution in [3.05, 3.63) is 33.9 Å². The lowest BCUT2D eigenvalue weighted by atomic mass is 10.1. The van der Waals surface area contributed by atoms with Crippen LogP contribution in [0.25, 0.3) is 0 Å². The van der Waals surface area contributed by atoms with Crippen LogP contribution in [0.5, 0.6) is 0 Å². The van der Waals surface area contributed by atoms with E-state index in [9.17, 15) is 14.9 Å². The zero-order valence-electron chi connectivity index (χ0n) is 10.5. The zero-order chi connectivity index (χ0) is 13.8. The van der Waals surface area contributed by atoms with Crippen molar-refractivity contribution in [2.75, 3.05) is 36.6 Å². The van der Waals surface area contributed by atoms with Gasteiger partial charge in [-0.25, -0.2) is 4.79 Å². The third kappa shape index (κ3) is 2.98. The van der Waals surface area contributed by atoms with Gasteiger partial charge in [-0.05, 0) is 6.07 Å². The van der Waals surface area contributed by atoms with Gasteiger partial charge in [0, 0.05) is 36.7 Å². The van der Waals surface area contributed by atoms with Crippen molar-refractivity contribution < 1.29 is 14.5 Å². The van der Waals surface area contributed by atoms with Gasteiger partial charge in [0.2, 0.25) is 0 Å². The third-order valence-electron chi connectivity index (χ3n) is 2.95. The molecule has 7 heteroatoms. The Morgan fingerprint density at radius 2 is 2.11 bits per heavy atom. The van der Waals surface area contributed by atoms with Crippen LogP contribution in [0.1, 0.15) is 10.4 Å². The molecule has 0 radical (unpaired) electrons. The number of carbonyl (C=O) groups excluding carboxylic acids is 1. The number of non-ortho nitro benzene ring substituents is 1. The van der Waals surface area contributed by atoms with Crippen LogP contribution >= 0.6 is 11.8 Å². The fourth-order valence-corrected chi connectivity index (χ4v) is 2.89. The number of nitro groups is 1. The number of nitro benzene ring substituents is 1. The van der Waals surface area contributed by atoms with Gasteiger partial charge in [0.25, 0.3) is 5.69 Å². The Kier molecular flexibility index (Phi) is 4.26. The lowest BCUT2D eigenvalue weighted by molar-refractivity contribution is -0.384. The van der Waals surface area contributed by atoms with E-state index in [0.717, 1.165) is 24.6 Å². The summed E-state index contributed by atoms with van der Waals surface area (Å²) in [5.74, 6) is 1.42. The second-order valence-electron chi connectivity index (χ2n) is 4.05. The molecule has 0 N–H and O–H groups in total. The molecule has 1 saturated heterocycles. The van der Waals surface area contributed by atoms with Gasteiger partial charge in [-0.1, -0.05) is 0 Å². The van der Waals surface area contributed by atoms with Crippen molar-refractivity contribution in [2.45, 2.75) is 0 Å². The zero-order valence-corrected chi connectivity index (χ0v) is 11.3. The molecule has 1 heterocycles. The monoisotopic (exact) mass is 282 g/mol. The highest BCUT2D eigenvalue weighted by molar-refractivity contribution is 7.99. The number of carbonyl (C=O) groups is 1. The first-order valence-electron chi connectivity index (χ1n) is 5.83. The molecule has 0 saturated carbocycles. The molecule has 0 unspecified atom stereocenters. The van der Waals surface area contributed by atoms with E-state index in [2.05, 4.69) is 4.90 Å². The number of ether oxygens (including phenoxy) is 1. The molecule has 1 aliphatic rings. The van der Waals surface area contributed by atoms with E-state index in [1.54, 1.807) is 6.07 Å². The predicted octanol–water partition coefficient (Wildman–Crippen LogP) is 1.93. The van der Waals surface area contributed by atoms with Gasteiger partial charge >= 0.3 is 5.97 Å². The highest BCUT2D eigenvalue weighted by Crippen LogP contribution is 2.28. The Balaban J connectivity index is 2.40. The van der Waals surface area contributed by atoms with Crippen LogP contribution < -0.4 is 4.90 Å². The lowest BCUT2D eigenvalue weighted by Crippen LogP contribution is -2.33. The summed E-state index contributed by atoms with van der Waals surface area (Å²) in [5.41, 5.74) is 0.858. The maximum atomic E-state index is 11.8. The summed E-state index contributed by atoms with van der Waals surface area (Å²) in [5, 5.41) is 10.8. The molecule has 102 valence electrons. The molecule has 19 heavy (non-hydrogen) atoms. The Morgan fingerprint density at radius 1 is 1.42 bits per heavy atom. The number of hydrogen-bond acceptors (Lipinski definition) is 6. The van der Waals surface area contributed by atoms with Gasteiger partial charge in [0.05, 0.1) is 23.3 Å². The minimum absolute atomic E-state index is 0.101. The SMILES string of the molecule is COC(=O)c1cc([N+](=O)[O-])ccc1N1CCSCC1. The fraction of sp³-hybridized carbons (Fsp3) is 0.417. The summed E-state index contributed by atoms with van der Waals surface area (Å²) < 4.78 is 4.71. The van der Waals surface area contributed by atoms with Crippen molar-refractivity contribution in [2.24, 2.45) is 0 Å². The Bertz CT molecular complexity index is 501. The molecule has 2 rings (SSSR count). The smallest absolute Gasteiger partial charge is 0.340 e. The van der Waals surface area contributed by atoms with Crippen LogP contribution in [0.3, 0.4) is 0 Å². The van der Waals surface area contributed by atoms with Gasteiger partial charge in [0.15, 0.2) is 0 Å². The molecule has 0 bridgehead atoms. The van der Waals surface area contributed by atoms with E-state index in [1.165, 1.54) is 19.2 Å². The van der Waals surface area contributed by atoms with Crippen LogP contribution in [0.2, 0.25) is 0 Å². The quantitative estimate of drug-likeness (QED) is 0.479. The average Bonchev–Trinajstić information content (AvgIpc) is 2.46. The molecule has 1 aliphatic heterocycles. The highest BCUT2D eigenvalue weighted by atomic mass is 32.2. The second kappa shape index (κ2) is 5.92. The maximum absolute atomic E-state index is 11.8. The average molecular weight is 282 g/mol. The van der Waals surface area contributed by atoms with Crippen molar-refractivity contribution in [1.29, 1.82) is 0 Å². The molecule has 1 aromatic rings. The van der Waals surface area contributed by atoms with Crippen LogP contribution in [-0.4, -0.2) is 42.6 Å². The van der Waals surface area contributed by atoms with Crippen LogP contribution in [0.4, 0.5) is 11.4 Å². The maximum Gasteiger partial charge on any atom is 0.340 e. The van der Waals surface area contributed by atoms with E-state index in [4.69, 9.17) is 4.74 Å². The van der Waals surface area contributed by atoms with E-state index in [0.29, 0.717) is 5.69 Å². The summed E-state index contributed by atoms with van der Waals surface area (Å²) in [6.45, 7) is 1.65. The molecular weight excluding hydrogens is 268 g/mol. The number of hydrogen-bond donors (Lipinski definition) is 0. The first kappa shape index (κ1) is 13.7. The largest absolute Gasteiger partial charge is 0.465 e. The molecule has 0 atom stereocenters. The number of methoxy groups -OCH3 is 1. The molecule has 0 aliphatic carbocycles. The van der Waals surface area contributed by atoms with Gasteiger partial charge < -0.3 is 9.64 Å². The minimum atomic E-state index is -0.545. The highest BCUT2D eigenvalue weighted by Gasteiger charge is 2.22.